The summed E-state index contributed by atoms with van der Waals surface area (Å²) in [5.74, 6) is 0. The summed E-state index contributed by atoms with van der Waals surface area (Å²) in [6.45, 7) is 2.70. The van der Waals surface area contributed by atoms with E-state index in [4.69, 9.17) is 16.3 Å². The van der Waals surface area contributed by atoms with Crippen molar-refractivity contribution in [3.8, 4) is 0 Å². The van der Waals surface area contributed by atoms with Crippen molar-refractivity contribution in [3.63, 3.8) is 0 Å². The second-order valence-electron chi connectivity index (χ2n) is 1.46. The summed E-state index contributed by atoms with van der Waals surface area (Å²) >= 11 is 5.64. The van der Waals surface area contributed by atoms with Crippen molar-refractivity contribution in [2.45, 2.75) is 18.7 Å². The Hall–Kier alpha value is 0.250. The quantitative estimate of drug-likeness (QED) is 0.518. The third-order valence-corrected chi connectivity index (χ3v) is 1.23. The molecule has 0 spiro atoms. The maximum absolute atomic E-state index is 5.64. The van der Waals surface area contributed by atoms with Gasteiger partial charge in [-0.25, -0.2) is 0 Å². The van der Waals surface area contributed by atoms with Gasteiger partial charge in [-0.3, -0.25) is 0 Å². The molecular weight excluding hydrogens is 112 g/mol. The second kappa shape index (κ2) is 4.41. The fraction of sp³-hybridized carbons (Fsp3) is 1.00. The summed E-state index contributed by atoms with van der Waals surface area (Å²) in [5, 5.41) is 0.199. The zero-order valence-electron chi connectivity index (χ0n) is 4.78. The van der Waals surface area contributed by atoms with E-state index < -0.39 is 0 Å². The maximum atomic E-state index is 5.64. The van der Waals surface area contributed by atoms with Crippen molar-refractivity contribution < 1.29 is 4.74 Å². The molecule has 0 aromatic carbocycles. The van der Waals surface area contributed by atoms with Gasteiger partial charge in [0.15, 0.2) is 0 Å². The highest BCUT2D eigenvalue weighted by atomic mass is 35.5. The Morgan fingerprint density at radius 1 is 1.71 bits per heavy atom. The largest absolute Gasteiger partial charge is 0.383 e. The van der Waals surface area contributed by atoms with Crippen LogP contribution in [0.1, 0.15) is 13.3 Å². The maximum Gasteiger partial charge on any atom is 0.0626 e. The molecule has 0 aliphatic heterocycles. The van der Waals surface area contributed by atoms with Gasteiger partial charge < -0.3 is 4.74 Å². The van der Waals surface area contributed by atoms with Crippen LogP contribution in [0.15, 0.2) is 0 Å². The molecule has 0 heterocycles. The third kappa shape index (κ3) is 4.10. The van der Waals surface area contributed by atoms with E-state index in [1.54, 1.807) is 7.11 Å². The SMILES string of the molecule is CCC(Cl)COC. The average Bonchev–Trinajstić information content (AvgIpc) is 1.68. The molecule has 1 unspecified atom stereocenters. The molecule has 2 heteroatoms. The third-order valence-electron chi connectivity index (χ3n) is 0.790. The minimum absolute atomic E-state index is 0.199. The first-order valence-corrected chi connectivity index (χ1v) is 2.88. The molecule has 1 nitrogen and oxygen atoms in total. The standard InChI is InChI=1S/C5H11ClO/c1-3-5(6)4-7-2/h5H,3-4H2,1-2H3. The number of hydrogen-bond donors (Lipinski definition) is 0. The molecule has 0 aromatic rings. The highest BCUT2D eigenvalue weighted by Gasteiger charge is 1.96. The summed E-state index contributed by atoms with van der Waals surface area (Å²) in [7, 11) is 1.66. The lowest BCUT2D eigenvalue weighted by molar-refractivity contribution is 0.197. The number of halogens is 1. The van der Waals surface area contributed by atoms with Gasteiger partial charge in [0.25, 0.3) is 0 Å². The number of ether oxygens (including phenoxy) is 1. The van der Waals surface area contributed by atoms with Crippen LogP contribution in [0.2, 0.25) is 0 Å². The van der Waals surface area contributed by atoms with Gasteiger partial charge in [0.2, 0.25) is 0 Å². The van der Waals surface area contributed by atoms with E-state index in [1.165, 1.54) is 0 Å². The van der Waals surface area contributed by atoms with Gasteiger partial charge in [-0.1, -0.05) is 6.92 Å². The van der Waals surface area contributed by atoms with Gasteiger partial charge >= 0.3 is 0 Å². The van der Waals surface area contributed by atoms with Gasteiger partial charge in [0.1, 0.15) is 0 Å². The number of hydrogen-bond acceptors (Lipinski definition) is 1. The molecule has 0 N–H and O–H groups in total. The van der Waals surface area contributed by atoms with E-state index in [1.807, 2.05) is 6.92 Å². The Kier molecular flexibility index (Phi) is 4.57. The van der Waals surface area contributed by atoms with E-state index in [2.05, 4.69) is 0 Å². The summed E-state index contributed by atoms with van der Waals surface area (Å²) in [4.78, 5) is 0. The molecule has 0 saturated carbocycles. The fourth-order valence-electron chi connectivity index (χ4n) is 0.299. The van der Waals surface area contributed by atoms with Crippen LogP contribution in [0, 0.1) is 0 Å². The van der Waals surface area contributed by atoms with Gasteiger partial charge in [0.05, 0.1) is 12.0 Å². The van der Waals surface area contributed by atoms with E-state index >= 15 is 0 Å². The van der Waals surface area contributed by atoms with Gasteiger partial charge in [0, 0.05) is 7.11 Å². The van der Waals surface area contributed by atoms with Crippen molar-refractivity contribution in [2.75, 3.05) is 13.7 Å². The van der Waals surface area contributed by atoms with Gasteiger partial charge in [-0.15, -0.1) is 11.6 Å². The van der Waals surface area contributed by atoms with Crippen molar-refractivity contribution >= 4 is 11.6 Å². The van der Waals surface area contributed by atoms with Crippen molar-refractivity contribution in [2.24, 2.45) is 0 Å². The molecule has 0 amide bonds. The first-order chi connectivity index (χ1) is 3.31. The zero-order valence-corrected chi connectivity index (χ0v) is 5.53. The lowest BCUT2D eigenvalue weighted by Gasteiger charge is -2.00. The molecule has 0 radical (unpaired) electrons. The topological polar surface area (TPSA) is 9.23 Å². The van der Waals surface area contributed by atoms with Gasteiger partial charge in [-0.2, -0.15) is 0 Å². The Morgan fingerprint density at radius 2 is 2.29 bits per heavy atom. The van der Waals surface area contributed by atoms with Crippen LogP contribution in [-0.2, 0) is 4.74 Å². The molecule has 0 aliphatic rings. The Morgan fingerprint density at radius 3 is 2.43 bits per heavy atom. The monoisotopic (exact) mass is 122 g/mol. The molecule has 44 valence electrons. The molecule has 0 aromatic heterocycles. The van der Waals surface area contributed by atoms with Crippen LogP contribution in [0.3, 0.4) is 0 Å². The van der Waals surface area contributed by atoms with Crippen molar-refractivity contribution in [1.82, 2.24) is 0 Å². The Bertz CT molecular complexity index is 39.1. The molecule has 0 saturated heterocycles. The summed E-state index contributed by atoms with van der Waals surface area (Å²) < 4.78 is 4.76. The van der Waals surface area contributed by atoms with Crippen LogP contribution < -0.4 is 0 Å². The molecule has 7 heavy (non-hydrogen) atoms. The first kappa shape index (κ1) is 7.25. The van der Waals surface area contributed by atoms with Crippen LogP contribution in [-0.4, -0.2) is 19.1 Å². The van der Waals surface area contributed by atoms with Crippen LogP contribution in [0.5, 0.6) is 0 Å². The smallest absolute Gasteiger partial charge is 0.0626 e. The van der Waals surface area contributed by atoms with Crippen LogP contribution in [0.25, 0.3) is 0 Å². The van der Waals surface area contributed by atoms with E-state index in [0.717, 1.165) is 6.42 Å². The molecular formula is C5H11ClO. The minimum atomic E-state index is 0.199. The van der Waals surface area contributed by atoms with Gasteiger partial charge in [-0.05, 0) is 6.42 Å². The minimum Gasteiger partial charge on any atom is -0.383 e. The van der Waals surface area contributed by atoms with Crippen molar-refractivity contribution in [1.29, 1.82) is 0 Å². The molecule has 0 bridgehead atoms. The lowest BCUT2D eigenvalue weighted by atomic mass is 10.3. The molecule has 1 atom stereocenters. The van der Waals surface area contributed by atoms with Crippen molar-refractivity contribution in [3.05, 3.63) is 0 Å². The summed E-state index contributed by atoms with van der Waals surface area (Å²) in [6, 6.07) is 0. The van der Waals surface area contributed by atoms with E-state index in [0.29, 0.717) is 6.61 Å². The number of rotatable bonds is 3. The summed E-state index contributed by atoms with van der Waals surface area (Å²) in [5.41, 5.74) is 0. The summed E-state index contributed by atoms with van der Waals surface area (Å²) in [6.07, 6.45) is 0.982. The number of methoxy groups -OCH3 is 1. The second-order valence-corrected chi connectivity index (χ2v) is 2.08. The molecule has 0 aliphatic carbocycles. The fourth-order valence-corrected chi connectivity index (χ4v) is 0.425. The normalized spacial score (nSPS) is 14.1. The van der Waals surface area contributed by atoms with E-state index in [9.17, 15) is 0 Å². The Balaban J connectivity index is 2.83. The zero-order chi connectivity index (χ0) is 5.70. The predicted octanol–water partition coefficient (Wildman–Crippen LogP) is 1.65. The molecule has 0 rings (SSSR count). The lowest BCUT2D eigenvalue weighted by Crippen LogP contribution is -2.04. The average molecular weight is 123 g/mol. The predicted molar refractivity (Wildman–Crippen MR) is 31.8 cm³/mol. The van der Waals surface area contributed by atoms with Crippen LogP contribution in [0.4, 0.5) is 0 Å². The first-order valence-electron chi connectivity index (χ1n) is 2.44. The number of alkyl halides is 1. The highest BCUT2D eigenvalue weighted by Crippen LogP contribution is 1.99. The van der Waals surface area contributed by atoms with Crippen LogP contribution >= 0.6 is 11.6 Å². The molecule has 0 fully saturated rings. The highest BCUT2D eigenvalue weighted by molar-refractivity contribution is 6.20. The van der Waals surface area contributed by atoms with E-state index in [-0.39, 0.29) is 5.38 Å². The Labute approximate surface area is 49.6 Å².